The first-order chi connectivity index (χ1) is 12.7. The summed E-state index contributed by atoms with van der Waals surface area (Å²) in [5.41, 5.74) is 1.79. The van der Waals surface area contributed by atoms with E-state index in [1.165, 1.54) is 0 Å². The standard InChI is InChI=1S/C21H27N3O2/c1-3-24-12-17-18(13-24)21(14-25,15-8-5-4-6-9-15)23-19(17)16-10-7-11-22-20(16)26-2/h4-11,17-19,23,25H,3,12-14H2,1-2H3/t17-,18+,19-,21-/m0/s1. The van der Waals surface area contributed by atoms with Crippen LogP contribution in [0.3, 0.4) is 0 Å². The van der Waals surface area contributed by atoms with Crippen LogP contribution in [0.4, 0.5) is 0 Å². The quantitative estimate of drug-likeness (QED) is 0.863. The van der Waals surface area contributed by atoms with Gasteiger partial charge in [-0.05, 0) is 24.1 Å². The maximum absolute atomic E-state index is 10.5. The second-order valence-electron chi connectivity index (χ2n) is 7.34. The van der Waals surface area contributed by atoms with Gasteiger partial charge in [0.15, 0.2) is 0 Å². The maximum Gasteiger partial charge on any atom is 0.217 e. The van der Waals surface area contributed by atoms with E-state index in [0.717, 1.165) is 30.8 Å². The van der Waals surface area contributed by atoms with Crippen LogP contribution in [0.25, 0.3) is 0 Å². The molecular weight excluding hydrogens is 326 g/mol. The molecule has 2 N–H and O–H groups in total. The number of aromatic nitrogens is 1. The number of benzene rings is 1. The van der Waals surface area contributed by atoms with Crippen LogP contribution < -0.4 is 10.1 Å². The summed E-state index contributed by atoms with van der Waals surface area (Å²) in [6.45, 7) is 5.32. The van der Waals surface area contributed by atoms with E-state index in [9.17, 15) is 5.11 Å². The van der Waals surface area contributed by atoms with Crippen LogP contribution in [-0.2, 0) is 5.54 Å². The number of methoxy groups -OCH3 is 1. The summed E-state index contributed by atoms with van der Waals surface area (Å²) in [5, 5.41) is 14.4. The minimum atomic E-state index is -0.443. The third-order valence-corrected chi connectivity index (χ3v) is 6.23. The van der Waals surface area contributed by atoms with Gasteiger partial charge < -0.3 is 14.7 Å². The SMILES string of the molecule is CCN1C[C@H]2[C@@H](C1)[C@](CO)(c1ccccc1)N[C@H]2c1cccnc1OC. The van der Waals surface area contributed by atoms with Gasteiger partial charge in [-0.3, -0.25) is 5.32 Å². The minimum absolute atomic E-state index is 0.0782. The number of ether oxygens (including phenoxy) is 1. The normalized spacial score (nSPS) is 31.1. The molecule has 0 aliphatic carbocycles. The first-order valence-electron chi connectivity index (χ1n) is 9.38. The smallest absolute Gasteiger partial charge is 0.217 e. The molecule has 26 heavy (non-hydrogen) atoms. The average Bonchev–Trinajstić information content (AvgIpc) is 3.26. The Labute approximate surface area is 155 Å². The number of likely N-dealkylation sites (tertiary alicyclic amines) is 1. The van der Waals surface area contributed by atoms with Crippen LogP contribution in [0.15, 0.2) is 48.7 Å². The van der Waals surface area contributed by atoms with E-state index in [1.807, 2.05) is 24.3 Å². The van der Waals surface area contributed by atoms with E-state index in [4.69, 9.17) is 4.74 Å². The Morgan fingerprint density at radius 2 is 2.04 bits per heavy atom. The number of hydrogen-bond acceptors (Lipinski definition) is 5. The molecule has 2 saturated heterocycles. The van der Waals surface area contributed by atoms with Crippen molar-refractivity contribution in [3.63, 3.8) is 0 Å². The van der Waals surface area contributed by atoms with Gasteiger partial charge in [-0.2, -0.15) is 0 Å². The lowest BCUT2D eigenvalue weighted by atomic mass is 9.76. The lowest BCUT2D eigenvalue weighted by molar-refractivity contribution is 0.127. The number of fused-ring (bicyclic) bond motifs is 1. The maximum atomic E-state index is 10.5. The van der Waals surface area contributed by atoms with Gasteiger partial charge in [0.1, 0.15) is 0 Å². The molecule has 2 fully saturated rings. The Morgan fingerprint density at radius 1 is 1.23 bits per heavy atom. The monoisotopic (exact) mass is 353 g/mol. The number of nitrogens with zero attached hydrogens (tertiary/aromatic N) is 2. The van der Waals surface area contributed by atoms with Crippen molar-refractivity contribution < 1.29 is 9.84 Å². The Balaban J connectivity index is 1.80. The van der Waals surface area contributed by atoms with E-state index in [-0.39, 0.29) is 12.6 Å². The molecule has 1 aromatic heterocycles. The van der Waals surface area contributed by atoms with Gasteiger partial charge in [0, 0.05) is 36.8 Å². The highest BCUT2D eigenvalue weighted by molar-refractivity contribution is 5.37. The number of rotatable bonds is 5. The number of aliphatic hydroxyl groups is 1. The molecule has 4 atom stereocenters. The largest absolute Gasteiger partial charge is 0.481 e. The molecule has 5 nitrogen and oxygen atoms in total. The molecule has 5 heteroatoms. The molecule has 1 aromatic carbocycles. The summed E-state index contributed by atoms with van der Waals surface area (Å²) in [4.78, 5) is 6.89. The number of pyridine rings is 1. The van der Waals surface area contributed by atoms with Crippen molar-refractivity contribution in [2.24, 2.45) is 11.8 Å². The Bertz CT molecular complexity index is 754. The summed E-state index contributed by atoms with van der Waals surface area (Å²) in [7, 11) is 1.67. The highest BCUT2D eigenvalue weighted by Crippen LogP contribution is 2.52. The fourth-order valence-corrected chi connectivity index (χ4v) is 4.93. The molecule has 2 aliphatic heterocycles. The van der Waals surface area contributed by atoms with Gasteiger partial charge in [0.25, 0.3) is 0 Å². The van der Waals surface area contributed by atoms with Crippen LogP contribution in [-0.4, -0.2) is 48.3 Å². The second-order valence-corrected chi connectivity index (χ2v) is 7.34. The van der Waals surface area contributed by atoms with Gasteiger partial charge in [-0.1, -0.05) is 43.3 Å². The van der Waals surface area contributed by atoms with E-state index in [1.54, 1.807) is 13.3 Å². The predicted molar refractivity (Wildman–Crippen MR) is 101 cm³/mol. The van der Waals surface area contributed by atoms with Crippen molar-refractivity contribution >= 4 is 0 Å². The van der Waals surface area contributed by atoms with Crippen molar-refractivity contribution in [1.29, 1.82) is 0 Å². The van der Waals surface area contributed by atoms with Gasteiger partial charge in [0.05, 0.1) is 19.3 Å². The van der Waals surface area contributed by atoms with Crippen LogP contribution >= 0.6 is 0 Å². The van der Waals surface area contributed by atoms with Crippen molar-refractivity contribution in [3.8, 4) is 5.88 Å². The molecule has 0 spiro atoms. The topological polar surface area (TPSA) is 57.6 Å². The van der Waals surface area contributed by atoms with Crippen LogP contribution in [0.1, 0.15) is 24.1 Å². The zero-order chi connectivity index (χ0) is 18.1. The summed E-state index contributed by atoms with van der Waals surface area (Å²) >= 11 is 0. The fourth-order valence-electron chi connectivity index (χ4n) is 4.93. The third-order valence-electron chi connectivity index (χ3n) is 6.23. The van der Waals surface area contributed by atoms with Crippen LogP contribution in [0, 0.1) is 11.8 Å². The first kappa shape index (κ1) is 17.5. The highest BCUT2D eigenvalue weighted by atomic mass is 16.5. The molecule has 0 radical (unpaired) electrons. The molecule has 2 aromatic rings. The number of nitrogens with one attached hydrogen (secondary N) is 1. The highest BCUT2D eigenvalue weighted by Gasteiger charge is 2.57. The molecule has 0 unspecified atom stereocenters. The molecule has 0 bridgehead atoms. The van der Waals surface area contributed by atoms with E-state index < -0.39 is 5.54 Å². The van der Waals surface area contributed by atoms with Crippen molar-refractivity contribution in [3.05, 3.63) is 59.8 Å². The molecule has 3 heterocycles. The summed E-state index contributed by atoms with van der Waals surface area (Å²) in [5.74, 6) is 1.41. The number of aliphatic hydroxyl groups excluding tert-OH is 1. The summed E-state index contributed by atoms with van der Waals surface area (Å²) in [6, 6.07) is 14.5. The summed E-state index contributed by atoms with van der Waals surface area (Å²) < 4.78 is 5.54. The second kappa shape index (κ2) is 6.99. The predicted octanol–water partition coefficient (Wildman–Crippen LogP) is 2.19. The van der Waals surface area contributed by atoms with Gasteiger partial charge >= 0.3 is 0 Å². The Hall–Kier alpha value is -1.95. The van der Waals surface area contributed by atoms with Gasteiger partial charge in [-0.15, -0.1) is 0 Å². The van der Waals surface area contributed by atoms with E-state index >= 15 is 0 Å². The summed E-state index contributed by atoms with van der Waals surface area (Å²) in [6.07, 6.45) is 1.76. The van der Waals surface area contributed by atoms with Crippen molar-refractivity contribution in [1.82, 2.24) is 15.2 Å². The van der Waals surface area contributed by atoms with Gasteiger partial charge in [-0.25, -0.2) is 4.98 Å². The zero-order valence-electron chi connectivity index (χ0n) is 15.4. The number of hydrogen-bond donors (Lipinski definition) is 2. The minimum Gasteiger partial charge on any atom is -0.481 e. The molecule has 0 saturated carbocycles. The lowest BCUT2D eigenvalue weighted by Crippen LogP contribution is -2.48. The third kappa shape index (κ3) is 2.62. The average molecular weight is 353 g/mol. The van der Waals surface area contributed by atoms with Crippen LogP contribution in [0.2, 0.25) is 0 Å². The molecule has 138 valence electrons. The van der Waals surface area contributed by atoms with Crippen LogP contribution in [0.5, 0.6) is 5.88 Å². The lowest BCUT2D eigenvalue weighted by Gasteiger charge is -2.35. The van der Waals surface area contributed by atoms with Gasteiger partial charge in [0.2, 0.25) is 5.88 Å². The zero-order valence-corrected chi connectivity index (χ0v) is 15.4. The first-order valence-corrected chi connectivity index (χ1v) is 9.38. The molecule has 4 rings (SSSR count). The van der Waals surface area contributed by atoms with Crippen molar-refractivity contribution in [2.45, 2.75) is 18.5 Å². The Morgan fingerprint density at radius 3 is 2.73 bits per heavy atom. The molecular formula is C21H27N3O2. The molecule has 2 aliphatic rings. The van der Waals surface area contributed by atoms with E-state index in [0.29, 0.717) is 17.7 Å². The fraction of sp³-hybridized carbons (Fsp3) is 0.476. The Kier molecular flexibility index (Phi) is 4.69. The van der Waals surface area contributed by atoms with Crippen molar-refractivity contribution in [2.75, 3.05) is 33.4 Å². The van der Waals surface area contributed by atoms with E-state index in [2.05, 4.69) is 40.3 Å². The molecule has 0 amide bonds.